The minimum absolute atomic E-state index is 0.176. The Kier molecular flexibility index (Phi) is 3.72. The normalized spacial score (nSPS) is 21.5. The van der Waals surface area contributed by atoms with Crippen molar-refractivity contribution in [1.29, 1.82) is 0 Å². The van der Waals surface area contributed by atoms with Crippen molar-refractivity contribution < 1.29 is 9.53 Å². The average molecular weight is 286 g/mol. The van der Waals surface area contributed by atoms with E-state index in [1.54, 1.807) is 0 Å². The molecule has 0 aliphatic carbocycles. The van der Waals surface area contributed by atoms with Crippen LogP contribution < -0.4 is 5.32 Å². The van der Waals surface area contributed by atoms with Crippen LogP contribution >= 0.6 is 0 Å². The summed E-state index contributed by atoms with van der Waals surface area (Å²) in [4.78, 5) is 15.4. The van der Waals surface area contributed by atoms with Gasteiger partial charge >= 0.3 is 5.97 Å². The van der Waals surface area contributed by atoms with Gasteiger partial charge in [0.25, 0.3) is 0 Å². The average Bonchev–Trinajstić information content (AvgIpc) is 2.80. The van der Waals surface area contributed by atoms with Crippen LogP contribution in [-0.2, 0) is 16.0 Å². The molecule has 2 N–H and O–H groups in total. The molecule has 0 unspecified atom stereocenters. The summed E-state index contributed by atoms with van der Waals surface area (Å²) >= 11 is 0. The summed E-state index contributed by atoms with van der Waals surface area (Å²) in [5.41, 5.74) is 3.61. The van der Waals surface area contributed by atoms with Crippen LogP contribution in [-0.4, -0.2) is 24.1 Å². The molecule has 0 bridgehead atoms. The van der Waals surface area contributed by atoms with E-state index in [-0.39, 0.29) is 18.1 Å². The topological polar surface area (TPSA) is 54.1 Å². The Morgan fingerprint density at radius 2 is 2.24 bits per heavy atom. The van der Waals surface area contributed by atoms with Gasteiger partial charge in [-0.15, -0.1) is 0 Å². The second-order valence-electron chi connectivity index (χ2n) is 6.21. The Hall–Kier alpha value is -1.81. The van der Waals surface area contributed by atoms with E-state index in [9.17, 15) is 4.79 Å². The van der Waals surface area contributed by atoms with E-state index >= 15 is 0 Å². The molecule has 1 aromatic carbocycles. The maximum atomic E-state index is 12.0. The van der Waals surface area contributed by atoms with Crippen molar-refractivity contribution in [3.05, 3.63) is 35.5 Å². The van der Waals surface area contributed by atoms with Gasteiger partial charge in [0.1, 0.15) is 6.04 Å². The van der Waals surface area contributed by atoms with Crippen molar-refractivity contribution >= 4 is 16.9 Å². The molecule has 2 aromatic rings. The second-order valence-corrected chi connectivity index (χ2v) is 6.21. The molecule has 0 amide bonds. The molecule has 2 atom stereocenters. The van der Waals surface area contributed by atoms with Crippen LogP contribution in [0.15, 0.2) is 24.4 Å². The Morgan fingerprint density at radius 3 is 2.95 bits per heavy atom. The number of aromatic amines is 1. The van der Waals surface area contributed by atoms with Crippen LogP contribution in [0, 0.1) is 5.92 Å². The molecule has 1 aliphatic rings. The zero-order chi connectivity index (χ0) is 15.0. The summed E-state index contributed by atoms with van der Waals surface area (Å²) in [6, 6.07) is 6.22. The number of H-pyrrole nitrogens is 1. The number of ether oxygens (including phenoxy) is 1. The lowest BCUT2D eigenvalue weighted by molar-refractivity contribution is -0.143. The Labute approximate surface area is 124 Å². The highest BCUT2D eigenvalue weighted by Gasteiger charge is 2.30. The molecule has 112 valence electrons. The Balaban J connectivity index is 2.09. The minimum Gasteiger partial charge on any atom is -0.468 e. The molecule has 0 saturated heterocycles. The third kappa shape index (κ3) is 2.56. The highest BCUT2D eigenvalue weighted by atomic mass is 16.5. The van der Waals surface area contributed by atoms with E-state index in [1.807, 2.05) is 6.20 Å². The number of benzene rings is 1. The largest absolute Gasteiger partial charge is 0.468 e. The molecule has 0 fully saturated rings. The standard InChI is InChI=1S/C17H22N2O2/c1-10(2)7-14-12-5-4-6-13-16(12)11(9-18-13)8-15(19-14)17(20)21-3/h4-6,9-10,14-15,18-19H,7-8H2,1-3H3/t14-,15-/m0/s1. The highest BCUT2D eigenvalue weighted by molar-refractivity contribution is 5.89. The molecular weight excluding hydrogens is 264 g/mol. The van der Waals surface area contributed by atoms with E-state index in [2.05, 4.69) is 42.3 Å². The number of esters is 1. The number of nitrogens with one attached hydrogen (secondary N) is 2. The summed E-state index contributed by atoms with van der Waals surface area (Å²) in [6.45, 7) is 4.41. The molecule has 3 rings (SSSR count). The van der Waals surface area contributed by atoms with Crippen LogP contribution in [0.2, 0.25) is 0 Å². The van der Waals surface area contributed by atoms with Gasteiger partial charge in [-0.25, -0.2) is 0 Å². The predicted octanol–water partition coefficient (Wildman–Crippen LogP) is 2.94. The first kappa shape index (κ1) is 14.1. The molecule has 1 aliphatic heterocycles. The zero-order valence-corrected chi connectivity index (χ0v) is 12.8. The molecule has 0 radical (unpaired) electrons. The van der Waals surface area contributed by atoms with E-state index in [0.29, 0.717) is 12.3 Å². The molecule has 4 nitrogen and oxygen atoms in total. The van der Waals surface area contributed by atoms with E-state index in [4.69, 9.17) is 4.74 Å². The van der Waals surface area contributed by atoms with Crippen LogP contribution in [0.4, 0.5) is 0 Å². The van der Waals surface area contributed by atoms with Crippen LogP contribution in [0.3, 0.4) is 0 Å². The molecule has 21 heavy (non-hydrogen) atoms. The van der Waals surface area contributed by atoms with Gasteiger partial charge in [0.05, 0.1) is 7.11 Å². The number of methoxy groups -OCH3 is 1. The smallest absolute Gasteiger partial charge is 0.323 e. The first-order chi connectivity index (χ1) is 10.1. The quantitative estimate of drug-likeness (QED) is 0.853. The molecule has 0 spiro atoms. The van der Waals surface area contributed by atoms with Crippen LogP contribution in [0.1, 0.15) is 37.4 Å². The van der Waals surface area contributed by atoms with Gasteiger partial charge in [0, 0.05) is 29.6 Å². The second kappa shape index (κ2) is 5.53. The lowest BCUT2D eigenvalue weighted by Crippen LogP contribution is -2.40. The number of carbonyl (C=O) groups excluding carboxylic acids is 1. The maximum absolute atomic E-state index is 12.0. The summed E-state index contributed by atoms with van der Waals surface area (Å²) < 4.78 is 4.96. The van der Waals surface area contributed by atoms with Gasteiger partial charge in [0.2, 0.25) is 0 Å². The van der Waals surface area contributed by atoms with Crippen LogP contribution in [0.5, 0.6) is 0 Å². The number of aromatic nitrogens is 1. The van der Waals surface area contributed by atoms with Crippen molar-refractivity contribution in [2.24, 2.45) is 5.92 Å². The SMILES string of the molecule is COC(=O)[C@@H]1Cc2c[nH]c3cccc(c23)[C@H](CC(C)C)N1. The molecule has 2 heterocycles. The monoisotopic (exact) mass is 286 g/mol. The van der Waals surface area contributed by atoms with Gasteiger partial charge in [-0.2, -0.15) is 0 Å². The number of carbonyl (C=O) groups is 1. The first-order valence-corrected chi connectivity index (χ1v) is 7.53. The first-order valence-electron chi connectivity index (χ1n) is 7.53. The van der Waals surface area contributed by atoms with Crippen molar-refractivity contribution in [2.45, 2.75) is 38.8 Å². The maximum Gasteiger partial charge on any atom is 0.323 e. The third-order valence-corrected chi connectivity index (χ3v) is 4.21. The fourth-order valence-corrected chi connectivity index (χ4v) is 3.31. The van der Waals surface area contributed by atoms with E-state index in [0.717, 1.165) is 11.9 Å². The van der Waals surface area contributed by atoms with Crippen molar-refractivity contribution in [1.82, 2.24) is 10.3 Å². The highest BCUT2D eigenvalue weighted by Crippen LogP contribution is 2.34. The van der Waals surface area contributed by atoms with E-state index < -0.39 is 0 Å². The fraction of sp³-hybridized carbons (Fsp3) is 0.471. The summed E-state index contributed by atoms with van der Waals surface area (Å²) in [7, 11) is 1.45. The summed E-state index contributed by atoms with van der Waals surface area (Å²) in [5.74, 6) is 0.363. The molecule has 0 saturated carbocycles. The van der Waals surface area contributed by atoms with Crippen LogP contribution in [0.25, 0.3) is 10.9 Å². The van der Waals surface area contributed by atoms with Gasteiger partial charge in [-0.3, -0.25) is 10.1 Å². The van der Waals surface area contributed by atoms with Gasteiger partial charge in [-0.1, -0.05) is 26.0 Å². The predicted molar refractivity (Wildman–Crippen MR) is 83.1 cm³/mol. The molecule has 4 heteroatoms. The van der Waals surface area contributed by atoms with E-state index in [1.165, 1.54) is 23.6 Å². The third-order valence-electron chi connectivity index (χ3n) is 4.21. The molecule has 1 aromatic heterocycles. The lowest BCUT2D eigenvalue weighted by Gasteiger charge is -2.24. The zero-order valence-electron chi connectivity index (χ0n) is 12.8. The van der Waals surface area contributed by atoms with Crippen molar-refractivity contribution in [2.75, 3.05) is 7.11 Å². The van der Waals surface area contributed by atoms with Gasteiger partial charge in [0.15, 0.2) is 0 Å². The summed E-state index contributed by atoms with van der Waals surface area (Å²) in [6.07, 6.45) is 3.68. The number of hydrogen-bond acceptors (Lipinski definition) is 3. The summed E-state index contributed by atoms with van der Waals surface area (Å²) in [5, 5.41) is 4.77. The van der Waals surface area contributed by atoms with Crippen molar-refractivity contribution in [3.8, 4) is 0 Å². The van der Waals surface area contributed by atoms with Gasteiger partial charge < -0.3 is 9.72 Å². The Morgan fingerprint density at radius 1 is 1.43 bits per heavy atom. The van der Waals surface area contributed by atoms with Crippen molar-refractivity contribution in [3.63, 3.8) is 0 Å². The lowest BCUT2D eigenvalue weighted by atomic mass is 9.94. The minimum atomic E-state index is -0.287. The fourth-order valence-electron chi connectivity index (χ4n) is 3.31. The Bertz CT molecular complexity index is 660. The number of rotatable bonds is 3. The van der Waals surface area contributed by atoms with Gasteiger partial charge in [-0.05, 0) is 29.5 Å². The molecular formula is C17H22N2O2. The number of hydrogen-bond donors (Lipinski definition) is 2.